The second kappa shape index (κ2) is 5.14. The zero-order valence-corrected chi connectivity index (χ0v) is 12.3. The van der Waals surface area contributed by atoms with Crippen molar-refractivity contribution < 1.29 is 4.74 Å². The minimum atomic E-state index is 0.665. The number of hydrogen-bond donors (Lipinski definition) is 1. The van der Waals surface area contributed by atoms with E-state index in [1.54, 1.807) is 0 Å². The number of aromatic nitrogens is 5. The molecule has 0 saturated heterocycles. The Morgan fingerprint density at radius 2 is 2.19 bits per heavy atom. The molecule has 0 saturated carbocycles. The van der Waals surface area contributed by atoms with Crippen LogP contribution in [0.1, 0.15) is 35.6 Å². The molecular weight excluding hydrogens is 268 g/mol. The molecule has 2 aromatic heterocycles. The van der Waals surface area contributed by atoms with Crippen molar-refractivity contribution in [2.75, 3.05) is 11.9 Å². The molecule has 2 aliphatic rings. The van der Waals surface area contributed by atoms with E-state index in [9.17, 15) is 0 Å². The standard InChI is InChI=1S/C14H20N6O/c1-19-12(10-9-21-7-5-11(10)18-19)8-15-14-17-16-13-4-2-3-6-20(13)14/h2-9H2,1H3,(H,15,17). The smallest absolute Gasteiger partial charge is 0.224 e. The molecule has 0 atom stereocenters. The normalized spacial score (nSPS) is 17.4. The highest BCUT2D eigenvalue weighted by molar-refractivity contribution is 5.33. The quantitative estimate of drug-likeness (QED) is 0.913. The first-order valence-electron chi connectivity index (χ1n) is 7.60. The van der Waals surface area contributed by atoms with Crippen molar-refractivity contribution in [1.82, 2.24) is 24.5 Å². The number of fused-ring (bicyclic) bond motifs is 2. The van der Waals surface area contributed by atoms with Crippen LogP contribution < -0.4 is 5.32 Å². The highest BCUT2D eigenvalue weighted by Crippen LogP contribution is 2.22. The van der Waals surface area contributed by atoms with Gasteiger partial charge in [-0.05, 0) is 12.8 Å². The predicted octanol–water partition coefficient (Wildman–Crippen LogP) is 1.03. The summed E-state index contributed by atoms with van der Waals surface area (Å²) < 4.78 is 9.72. The summed E-state index contributed by atoms with van der Waals surface area (Å²) in [6, 6.07) is 0. The van der Waals surface area contributed by atoms with Crippen LogP contribution in [0.15, 0.2) is 0 Å². The van der Waals surface area contributed by atoms with Crippen LogP contribution in [0.25, 0.3) is 0 Å². The van der Waals surface area contributed by atoms with Crippen LogP contribution in [0.5, 0.6) is 0 Å². The topological polar surface area (TPSA) is 69.8 Å². The summed E-state index contributed by atoms with van der Waals surface area (Å²) in [5, 5.41) is 16.6. The van der Waals surface area contributed by atoms with E-state index in [0.717, 1.165) is 37.8 Å². The summed E-state index contributed by atoms with van der Waals surface area (Å²) in [5.74, 6) is 1.97. The Hall–Kier alpha value is -1.89. The van der Waals surface area contributed by atoms with Crippen molar-refractivity contribution in [2.24, 2.45) is 7.05 Å². The average molecular weight is 288 g/mol. The lowest BCUT2D eigenvalue weighted by Crippen LogP contribution is -2.16. The van der Waals surface area contributed by atoms with Gasteiger partial charge in [-0.2, -0.15) is 5.10 Å². The highest BCUT2D eigenvalue weighted by atomic mass is 16.5. The monoisotopic (exact) mass is 288 g/mol. The summed E-state index contributed by atoms with van der Waals surface area (Å²) in [6.45, 7) is 3.16. The number of aryl methyl sites for hydroxylation is 2. The van der Waals surface area contributed by atoms with Crippen molar-refractivity contribution in [1.29, 1.82) is 0 Å². The molecule has 0 spiro atoms. The molecule has 4 heterocycles. The van der Waals surface area contributed by atoms with Gasteiger partial charge in [0.05, 0.1) is 31.1 Å². The molecule has 4 rings (SSSR count). The van der Waals surface area contributed by atoms with Crippen LogP contribution in [-0.4, -0.2) is 31.2 Å². The minimum absolute atomic E-state index is 0.665. The third-order valence-corrected chi connectivity index (χ3v) is 4.36. The molecule has 0 unspecified atom stereocenters. The zero-order valence-electron chi connectivity index (χ0n) is 12.3. The first-order chi connectivity index (χ1) is 10.3. The fourth-order valence-electron chi connectivity index (χ4n) is 3.20. The fourth-order valence-corrected chi connectivity index (χ4v) is 3.20. The average Bonchev–Trinajstić information content (AvgIpc) is 3.06. The largest absolute Gasteiger partial charge is 0.376 e. The Bertz CT molecular complexity index is 659. The van der Waals surface area contributed by atoms with Gasteiger partial charge in [0.25, 0.3) is 0 Å². The van der Waals surface area contributed by atoms with E-state index in [1.807, 2.05) is 11.7 Å². The van der Waals surface area contributed by atoms with Crippen molar-refractivity contribution >= 4 is 5.95 Å². The summed E-state index contributed by atoms with van der Waals surface area (Å²) >= 11 is 0. The fraction of sp³-hybridized carbons (Fsp3) is 0.643. The van der Waals surface area contributed by atoms with E-state index in [-0.39, 0.29) is 0 Å². The molecule has 21 heavy (non-hydrogen) atoms. The van der Waals surface area contributed by atoms with Crippen LogP contribution in [-0.2, 0) is 44.3 Å². The van der Waals surface area contributed by atoms with E-state index in [2.05, 4.69) is 25.2 Å². The first kappa shape index (κ1) is 12.8. The van der Waals surface area contributed by atoms with Gasteiger partial charge in [-0.1, -0.05) is 0 Å². The Morgan fingerprint density at radius 1 is 1.24 bits per heavy atom. The van der Waals surface area contributed by atoms with Crippen molar-refractivity contribution in [3.05, 3.63) is 22.8 Å². The van der Waals surface area contributed by atoms with Gasteiger partial charge < -0.3 is 10.1 Å². The third kappa shape index (κ3) is 2.21. The van der Waals surface area contributed by atoms with E-state index < -0.39 is 0 Å². The Kier molecular flexibility index (Phi) is 3.14. The minimum Gasteiger partial charge on any atom is -0.376 e. The molecule has 1 N–H and O–H groups in total. The Morgan fingerprint density at radius 3 is 3.14 bits per heavy atom. The number of hydrogen-bond acceptors (Lipinski definition) is 5. The second-order valence-electron chi connectivity index (χ2n) is 5.70. The van der Waals surface area contributed by atoms with Crippen LogP contribution in [0.2, 0.25) is 0 Å². The molecular formula is C14H20N6O. The molecule has 0 aliphatic carbocycles. The molecule has 0 aromatic carbocycles. The molecule has 112 valence electrons. The second-order valence-corrected chi connectivity index (χ2v) is 5.70. The summed E-state index contributed by atoms with van der Waals surface area (Å²) in [7, 11) is 1.99. The maximum atomic E-state index is 5.56. The van der Waals surface area contributed by atoms with Crippen LogP contribution in [0.4, 0.5) is 5.95 Å². The molecule has 0 fully saturated rings. The van der Waals surface area contributed by atoms with Crippen molar-refractivity contribution in [3.63, 3.8) is 0 Å². The van der Waals surface area contributed by atoms with E-state index in [1.165, 1.54) is 29.8 Å². The van der Waals surface area contributed by atoms with Gasteiger partial charge in [0.2, 0.25) is 5.95 Å². The van der Waals surface area contributed by atoms with Gasteiger partial charge in [-0.25, -0.2) is 0 Å². The number of rotatable bonds is 3. The van der Waals surface area contributed by atoms with Crippen LogP contribution >= 0.6 is 0 Å². The van der Waals surface area contributed by atoms with E-state index >= 15 is 0 Å². The van der Waals surface area contributed by atoms with Gasteiger partial charge in [0, 0.05) is 32.0 Å². The number of anilines is 1. The molecule has 7 nitrogen and oxygen atoms in total. The molecule has 7 heteroatoms. The number of ether oxygens (including phenoxy) is 1. The molecule has 0 bridgehead atoms. The lowest BCUT2D eigenvalue weighted by atomic mass is 10.1. The summed E-state index contributed by atoms with van der Waals surface area (Å²) in [5.41, 5.74) is 3.58. The van der Waals surface area contributed by atoms with Gasteiger partial charge >= 0.3 is 0 Å². The lowest BCUT2D eigenvalue weighted by Gasteiger charge is -2.16. The Balaban J connectivity index is 1.55. The highest BCUT2D eigenvalue weighted by Gasteiger charge is 2.21. The Labute approximate surface area is 123 Å². The van der Waals surface area contributed by atoms with Gasteiger partial charge in [-0.15, -0.1) is 10.2 Å². The predicted molar refractivity (Wildman–Crippen MR) is 76.9 cm³/mol. The van der Waals surface area contributed by atoms with Crippen molar-refractivity contribution in [3.8, 4) is 0 Å². The van der Waals surface area contributed by atoms with Gasteiger partial charge in [0.15, 0.2) is 0 Å². The van der Waals surface area contributed by atoms with Crippen LogP contribution in [0.3, 0.4) is 0 Å². The lowest BCUT2D eigenvalue weighted by molar-refractivity contribution is 0.109. The maximum Gasteiger partial charge on any atom is 0.224 e. The van der Waals surface area contributed by atoms with Crippen LogP contribution in [0, 0.1) is 0 Å². The maximum absolute atomic E-state index is 5.56. The van der Waals surface area contributed by atoms with Crippen molar-refractivity contribution in [2.45, 2.75) is 45.4 Å². The number of nitrogens with one attached hydrogen (secondary N) is 1. The van der Waals surface area contributed by atoms with Gasteiger partial charge in [-0.3, -0.25) is 9.25 Å². The molecule has 0 radical (unpaired) electrons. The molecule has 2 aliphatic heterocycles. The summed E-state index contributed by atoms with van der Waals surface area (Å²) in [6.07, 6.45) is 4.35. The van der Waals surface area contributed by atoms with Gasteiger partial charge in [0.1, 0.15) is 5.82 Å². The van der Waals surface area contributed by atoms with E-state index in [4.69, 9.17) is 4.74 Å². The zero-order chi connectivity index (χ0) is 14.2. The molecule has 0 amide bonds. The third-order valence-electron chi connectivity index (χ3n) is 4.36. The SMILES string of the molecule is Cn1nc2c(c1CNc1nnc3n1CCCC3)COCC2. The first-order valence-corrected chi connectivity index (χ1v) is 7.60. The number of nitrogens with zero attached hydrogens (tertiary/aromatic N) is 5. The summed E-state index contributed by atoms with van der Waals surface area (Å²) in [4.78, 5) is 0. The molecule has 2 aromatic rings. The van der Waals surface area contributed by atoms with E-state index in [0.29, 0.717) is 13.2 Å².